The highest BCUT2D eigenvalue weighted by molar-refractivity contribution is 8.00. The predicted molar refractivity (Wildman–Crippen MR) is 136 cm³/mol. The molecule has 3 N–H and O–H groups in total. The summed E-state index contributed by atoms with van der Waals surface area (Å²) in [4.78, 5) is 29.9. The van der Waals surface area contributed by atoms with Crippen molar-refractivity contribution < 1.29 is 14.3 Å². The topological polar surface area (TPSA) is 113 Å². The molecule has 1 atom stereocenters. The van der Waals surface area contributed by atoms with Crippen LogP contribution in [0.15, 0.2) is 78.0 Å². The van der Waals surface area contributed by atoms with Crippen LogP contribution >= 0.6 is 11.8 Å². The van der Waals surface area contributed by atoms with Gasteiger partial charge in [-0.2, -0.15) is 0 Å². The van der Waals surface area contributed by atoms with Crippen LogP contribution in [0.1, 0.15) is 17.3 Å². The van der Waals surface area contributed by atoms with Gasteiger partial charge in [0.15, 0.2) is 5.16 Å². The number of carbonyl (C=O) groups excluding carboxylic acids is 2. The molecule has 5 rings (SSSR count). The maximum absolute atomic E-state index is 12.8. The fourth-order valence-corrected chi connectivity index (χ4v) is 4.50. The number of aromatic amines is 1. The van der Waals surface area contributed by atoms with Crippen LogP contribution in [0.4, 0.5) is 11.4 Å². The number of carbonyl (C=O) groups is 2. The van der Waals surface area contributed by atoms with Crippen LogP contribution in [0.2, 0.25) is 0 Å². The summed E-state index contributed by atoms with van der Waals surface area (Å²) >= 11 is 1.33. The van der Waals surface area contributed by atoms with E-state index in [2.05, 4.69) is 25.8 Å². The van der Waals surface area contributed by atoms with Crippen LogP contribution in [0.25, 0.3) is 16.8 Å². The van der Waals surface area contributed by atoms with E-state index in [0.29, 0.717) is 33.6 Å². The van der Waals surface area contributed by atoms with Crippen LogP contribution in [0.5, 0.6) is 5.75 Å². The van der Waals surface area contributed by atoms with E-state index < -0.39 is 5.25 Å². The van der Waals surface area contributed by atoms with Crippen molar-refractivity contribution in [3.63, 3.8) is 0 Å². The third-order valence-electron chi connectivity index (χ3n) is 5.42. The summed E-state index contributed by atoms with van der Waals surface area (Å²) in [6.07, 6.45) is 0. The molecule has 0 aliphatic rings. The van der Waals surface area contributed by atoms with E-state index in [0.717, 1.165) is 11.0 Å². The number of anilines is 2. The molecule has 3 aromatic carbocycles. The molecule has 2 heterocycles. The average molecular weight is 487 g/mol. The summed E-state index contributed by atoms with van der Waals surface area (Å²) < 4.78 is 7.17. The van der Waals surface area contributed by atoms with Crippen molar-refractivity contribution in [1.29, 1.82) is 0 Å². The Morgan fingerprint density at radius 2 is 1.74 bits per heavy atom. The first kappa shape index (κ1) is 22.5. The number of amides is 2. The van der Waals surface area contributed by atoms with E-state index in [4.69, 9.17) is 4.74 Å². The first-order valence-electron chi connectivity index (χ1n) is 10.9. The lowest BCUT2D eigenvalue weighted by atomic mass is 10.2. The highest BCUT2D eigenvalue weighted by Gasteiger charge is 2.20. The second kappa shape index (κ2) is 9.51. The van der Waals surface area contributed by atoms with Gasteiger partial charge in [-0.05, 0) is 55.5 Å². The van der Waals surface area contributed by atoms with Crippen molar-refractivity contribution in [3.8, 4) is 5.75 Å². The summed E-state index contributed by atoms with van der Waals surface area (Å²) in [6.45, 7) is 1.81. The fraction of sp³-hybridized carbons (Fsp3) is 0.120. The van der Waals surface area contributed by atoms with Crippen LogP contribution in [-0.2, 0) is 4.79 Å². The Morgan fingerprint density at radius 3 is 2.54 bits per heavy atom. The third kappa shape index (κ3) is 4.56. The molecule has 9 nitrogen and oxygen atoms in total. The number of fused-ring (bicyclic) bond motifs is 3. The van der Waals surface area contributed by atoms with Gasteiger partial charge in [-0.25, -0.2) is 10.1 Å². The third-order valence-corrected chi connectivity index (χ3v) is 6.48. The van der Waals surface area contributed by atoms with Crippen molar-refractivity contribution in [1.82, 2.24) is 19.6 Å². The van der Waals surface area contributed by atoms with Gasteiger partial charge < -0.3 is 15.4 Å². The Labute approximate surface area is 204 Å². The zero-order chi connectivity index (χ0) is 24.4. The van der Waals surface area contributed by atoms with E-state index >= 15 is 0 Å². The van der Waals surface area contributed by atoms with Gasteiger partial charge in [-0.1, -0.05) is 36.0 Å². The first-order valence-corrected chi connectivity index (χ1v) is 11.7. The lowest BCUT2D eigenvalue weighted by Crippen LogP contribution is -2.22. The number of hydrogen-bond donors (Lipinski definition) is 3. The number of nitrogens with zero attached hydrogens (tertiary/aromatic N) is 3. The van der Waals surface area contributed by atoms with Crippen LogP contribution in [0, 0.1) is 0 Å². The monoisotopic (exact) mass is 486 g/mol. The molecule has 0 saturated heterocycles. The highest BCUT2D eigenvalue weighted by Crippen LogP contribution is 2.27. The molecule has 35 heavy (non-hydrogen) atoms. The molecule has 0 saturated carbocycles. The summed E-state index contributed by atoms with van der Waals surface area (Å²) in [7, 11) is 1.55. The zero-order valence-electron chi connectivity index (χ0n) is 19.0. The van der Waals surface area contributed by atoms with E-state index in [1.165, 1.54) is 11.8 Å². The molecular weight excluding hydrogens is 464 g/mol. The summed E-state index contributed by atoms with van der Waals surface area (Å²) in [5.74, 6) is 0.755. The maximum Gasteiger partial charge on any atom is 0.255 e. The Bertz CT molecular complexity index is 1530. The maximum atomic E-state index is 12.8. The molecule has 0 bridgehead atoms. The molecule has 0 spiro atoms. The Morgan fingerprint density at radius 1 is 1.00 bits per heavy atom. The minimum Gasteiger partial charge on any atom is -0.495 e. The van der Waals surface area contributed by atoms with E-state index in [9.17, 15) is 9.59 Å². The number of hydrogen-bond acceptors (Lipinski definition) is 6. The van der Waals surface area contributed by atoms with E-state index in [1.807, 2.05) is 47.7 Å². The molecule has 0 fully saturated rings. The Hall–Kier alpha value is -4.31. The van der Waals surface area contributed by atoms with Crippen molar-refractivity contribution in [2.75, 3.05) is 17.7 Å². The molecule has 176 valence electrons. The highest BCUT2D eigenvalue weighted by atomic mass is 32.2. The number of aromatic nitrogens is 4. The van der Waals surface area contributed by atoms with Crippen molar-refractivity contribution in [2.24, 2.45) is 0 Å². The molecule has 0 aliphatic heterocycles. The van der Waals surface area contributed by atoms with E-state index in [-0.39, 0.29) is 11.8 Å². The fourth-order valence-electron chi connectivity index (χ4n) is 3.62. The average Bonchev–Trinajstić information content (AvgIpc) is 3.44. The van der Waals surface area contributed by atoms with Gasteiger partial charge in [0, 0.05) is 11.3 Å². The summed E-state index contributed by atoms with van der Waals surface area (Å²) in [5.41, 5.74) is 3.42. The zero-order valence-corrected chi connectivity index (χ0v) is 19.8. The lowest BCUT2D eigenvalue weighted by Gasteiger charge is -2.12. The first-order chi connectivity index (χ1) is 17.0. The van der Waals surface area contributed by atoms with E-state index in [1.54, 1.807) is 43.5 Å². The standard InChI is InChI=1S/C25H22N6O3S/c1-15(35-25-30-29-24-28-18-7-3-5-9-20(18)31(24)25)22(32)26-17-13-11-16(12-14-17)23(33)27-19-8-4-6-10-21(19)34-2/h3-15H,1-2H3,(H,26,32)(H,27,33)(H,28,29). The molecule has 2 amide bonds. The number of nitrogens with one attached hydrogen (secondary N) is 3. The van der Waals surface area contributed by atoms with Crippen molar-refractivity contribution in [3.05, 3.63) is 78.4 Å². The van der Waals surface area contributed by atoms with Gasteiger partial charge in [0.2, 0.25) is 11.7 Å². The number of thioether (sulfide) groups is 1. The smallest absolute Gasteiger partial charge is 0.255 e. The molecule has 1 unspecified atom stereocenters. The van der Waals surface area contributed by atoms with Crippen LogP contribution in [0.3, 0.4) is 0 Å². The number of ether oxygens (including phenoxy) is 1. The molecule has 0 radical (unpaired) electrons. The Balaban J connectivity index is 1.24. The minimum atomic E-state index is -0.420. The number of benzene rings is 3. The molecule has 5 aromatic rings. The number of H-pyrrole nitrogens is 1. The SMILES string of the molecule is COc1ccccc1NC(=O)c1ccc(NC(=O)C(C)Sc2n[nH]c3nc4ccccc4n23)cc1. The second-order valence-electron chi connectivity index (χ2n) is 7.75. The number of methoxy groups -OCH3 is 1. The van der Waals surface area contributed by atoms with Crippen LogP contribution in [-0.4, -0.2) is 43.8 Å². The quantitative estimate of drug-likeness (QED) is 0.290. The van der Waals surface area contributed by atoms with Gasteiger partial charge in [0.25, 0.3) is 5.91 Å². The summed E-state index contributed by atoms with van der Waals surface area (Å²) in [6, 6.07) is 21.7. The van der Waals surface area contributed by atoms with Gasteiger partial charge in [0.1, 0.15) is 5.75 Å². The normalized spacial score (nSPS) is 11.9. The van der Waals surface area contributed by atoms with Gasteiger partial charge >= 0.3 is 0 Å². The predicted octanol–water partition coefficient (Wildman–Crippen LogP) is 4.59. The number of imidazole rings is 1. The van der Waals surface area contributed by atoms with Crippen molar-refractivity contribution in [2.45, 2.75) is 17.3 Å². The molecular formula is C25H22N6O3S. The molecule has 10 heteroatoms. The summed E-state index contributed by atoms with van der Waals surface area (Å²) in [5, 5.41) is 13.2. The van der Waals surface area contributed by atoms with Gasteiger partial charge in [-0.15, -0.1) is 5.10 Å². The van der Waals surface area contributed by atoms with Crippen LogP contribution < -0.4 is 15.4 Å². The Kier molecular flexibility index (Phi) is 6.11. The number of para-hydroxylation sites is 4. The van der Waals surface area contributed by atoms with Gasteiger partial charge in [-0.3, -0.25) is 14.0 Å². The number of rotatable bonds is 7. The largest absolute Gasteiger partial charge is 0.495 e. The molecule has 2 aromatic heterocycles. The second-order valence-corrected chi connectivity index (χ2v) is 9.05. The molecule has 0 aliphatic carbocycles. The lowest BCUT2D eigenvalue weighted by molar-refractivity contribution is -0.115. The van der Waals surface area contributed by atoms with Gasteiger partial charge in [0.05, 0.1) is 29.1 Å². The minimum absolute atomic E-state index is 0.179. The van der Waals surface area contributed by atoms with Crippen molar-refractivity contribution >= 4 is 51.8 Å².